The molecule has 4 rings (SSSR count). The maximum absolute atomic E-state index is 13.3. The van der Waals surface area contributed by atoms with Crippen LogP contribution in [0.5, 0.6) is 5.75 Å². The minimum absolute atomic E-state index is 0.00526. The second kappa shape index (κ2) is 7.71. The number of fused-ring (bicyclic) bond motifs is 1. The standard InChI is InChI=1S/C24H18F3NO2/c1-30-22-21(17-9-3-2-4-10-17)19-12-5-6-13-20(19)28(23(22)29)15-16-8-7-11-18(14-16)24(25,26)27/h2-14H,15H2,1H3. The molecule has 0 aliphatic heterocycles. The lowest BCUT2D eigenvalue weighted by Crippen LogP contribution is -2.23. The summed E-state index contributed by atoms with van der Waals surface area (Å²) >= 11 is 0. The number of rotatable bonds is 4. The number of aromatic nitrogens is 1. The summed E-state index contributed by atoms with van der Waals surface area (Å²) in [5, 5.41) is 0.784. The first kappa shape index (κ1) is 19.8. The molecule has 4 aromatic rings. The fourth-order valence-corrected chi connectivity index (χ4v) is 3.65. The van der Waals surface area contributed by atoms with Crippen molar-refractivity contribution in [3.05, 3.63) is 100 Å². The molecule has 0 bridgehead atoms. The molecule has 0 aliphatic rings. The molecule has 0 radical (unpaired) electrons. The highest BCUT2D eigenvalue weighted by Gasteiger charge is 2.30. The molecule has 3 nitrogen and oxygen atoms in total. The fraction of sp³-hybridized carbons (Fsp3) is 0.125. The van der Waals surface area contributed by atoms with Gasteiger partial charge in [-0.05, 0) is 29.3 Å². The SMILES string of the molecule is COc1c(-c2ccccc2)c2ccccc2n(Cc2cccc(C(F)(F)F)c2)c1=O. The number of hydrogen-bond donors (Lipinski definition) is 0. The number of nitrogens with zero attached hydrogens (tertiary/aromatic N) is 1. The van der Waals surface area contributed by atoms with E-state index in [0.717, 1.165) is 23.1 Å². The largest absolute Gasteiger partial charge is 0.491 e. The first-order valence-electron chi connectivity index (χ1n) is 9.31. The Bertz CT molecular complexity index is 1260. The van der Waals surface area contributed by atoms with Crippen molar-refractivity contribution in [3.8, 4) is 16.9 Å². The molecular weight excluding hydrogens is 391 g/mol. The Hall–Kier alpha value is -3.54. The van der Waals surface area contributed by atoms with Crippen molar-refractivity contribution < 1.29 is 17.9 Å². The molecule has 0 saturated carbocycles. The number of para-hydroxylation sites is 1. The van der Waals surface area contributed by atoms with Gasteiger partial charge in [0.15, 0.2) is 5.75 Å². The van der Waals surface area contributed by atoms with Crippen LogP contribution in [0, 0.1) is 0 Å². The lowest BCUT2D eigenvalue weighted by Gasteiger charge is -2.18. The average Bonchev–Trinajstić information content (AvgIpc) is 2.75. The number of benzene rings is 3. The van der Waals surface area contributed by atoms with Crippen molar-refractivity contribution in [2.45, 2.75) is 12.7 Å². The Morgan fingerprint density at radius 1 is 0.900 bits per heavy atom. The van der Waals surface area contributed by atoms with Gasteiger partial charge in [-0.2, -0.15) is 13.2 Å². The van der Waals surface area contributed by atoms with E-state index in [0.29, 0.717) is 16.6 Å². The Morgan fingerprint density at radius 2 is 1.60 bits per heavy atom. The summed E-state index contributed by atoms with van der Waals surface area (Å²) in [7, 11) is 1.42. The predicted octanol–water partition coefficient (Wildman–Crippen LogP) is 5.74. The third-order valence-electron chi connectivity index (χ3n) is 4.99. The normalized spacial score (nSPS) is 11.6. The number of methoxy groups -OCH3 is 1. The summed E-state index contributed by atoms with van der Waals surface area (Å²) in [4.78, 5) is 13.3. The van der Waals surface area contributed by atoms with Crippen LogP contribution < -0.4 is 10.3 Å². The van der Waals surface area contributed by atoms with Gasteiger partial charge in [0.05, 0.1) is 24.7 Å². The van der Waals surface area contributed by atoms with Gasteiger partial charge in [-0.1, -0.05) is 60.7 Å². The van der Waals surface area contributed by atoms with E-state index in [2.05, 4.69) is 0 Å². The molecule has 0 saturated heterocycles. The molecule has 6 heteroatoms. The first-order valence-corrected chi connectivity index (χ1v) is 9.31. The highest BCUT2D eigenvalue weighted by molar-refractivity contribution is 5.97. The number of hydrogen-bond acceptors (Lipinski definition) is 2. The average molecular weight is 409 g/mol. The van der Waals surface area contributed by atoms with Crippen molar-refractivity contribution in [2.24, 2.45) is 0 Å². The number of pyridine rings is 1. The topological polar surface area (TPSA) is 31.2 Å². The lowest BCUT2D eigenvalue weighted by molar-refractivity contribution is -0.137. The quantitative estimate of drug-likeness (QED) is 0.430. The third-order valence-corrected chi connectivity index (χ3v) is 4.99. The van der Waals surface area contributed by atoms with Crippen molar-refractivity contribution >= 4 is 10.9 Å². The van der Waals surface area contributed by atoms with Gasteiger partial charge in [-0.3, -0.25) is 4.79 Å². The van der Waals surface area contributed by atoms with Gasteiger partial charge in [-0.15, -0.1) is 0 Å². The van der Waals surface area contributed by atoms with E-state index in [-0.39, 0.29) is 12.3 Å². The summed E-state index contributed by atoms with van der Waals surface area (Å²) in [5.74, 6) is 0.159. The van der Waals surface area contributed by atoms with Crippen LogP contribution in [0.15, 0.2) is 83.7 Å². The van der Waals surface area contributed by atoms with Crippen LogP contribution >= 0.6 is 0 Å². The van der Waals surface area contributed by atoms with Gasteiger partial charge in [0.1, 0.15) is 0 Å². The van der Waals surface area contributed by atoms with Gasteiger partial charge < -0.3 is 9.30 Å². The zero-order valence-electron chi connectivity index (χ0n) is 16.1. The maximum atomic E-state index is 13.3. The van der Waals surface area contributed by atoms with E-state index in [1.807, 2.05) is 42.5 Å². The van der Waals surface area contributed by atoms with Crippen LogP contribution in [0.2, 0.25) is 0 Å². The van der Waals surface area contributed by atoms with E-state index < -0.39 is 17.3 Å². The summed E-state index contributed by atoms with van der Waals surface area (Å²) in [6.45, 7) is -0.00526. The van der Waals surface area contributed by atoms with Crippen LogP contribution in [-0.2, 0) is 12.7 Å². The molecule has 3 aromatic carbocycles. The van der Waals surface area contributed by atoms with Gasteiger partial charge in [-0.25, -0.2) is 0 Å². The van der Waals surface area contributed by atoms with Gasteiger partial charge in [0.25, 0.3) is 5.56 Å². The molecule has 152 valence electrons. The van der Waals surface area contributed by atoms with E-state index in [9.17, 15) is 18.0 Å². The summed E-state index contributed by atoms with van der Waals surface area (Å²) in [5.41, 5.74) is 1.36. The summed E-state index contributed by atoms with van der Waals surface area (Å²) in [6.07, 6.45) is -4.45. The van der Waals surface area contributed by atoms with E-state index in [1.165, 1.54) is 17.7 Å². The Kier molecular flexibility index (Phi) is 5.08. The van der Waals surface area contributed by atoms with Crippen LogP contribution in [0.3, 0.4) is 0 Å². The Labute approximate surface area is 171 Å². The highest BCUT2D eigenvalue weighted by Crippen LogP contribution is 2.35. The smallest absolute Gasteiger partial charge is 0.416 e. The van der Waals surface area contributed by atoms with Crippen LogP contribution in [0.25, 0.3) is 22.0 Å². The number of halogens is 3. The molecule has 0 aliphatic carbocycles. The monoisotopic (exact) mass is 409 g/mol. The lowest BCUT2D eigenvalue weighted by atomic mass is 9.99. The highest BCUT2D eigenvalue weighted by atomic mass is 19.4. The number of ether oxygens (including phenoxy) is 1. The molecule has 30 heavy (non-hydrogen) atoms. The minimum Gasteiger partial charge on any atom is -0.491 e. The zero-order chi connectivity index (χ0) is 21.3. The van der Waals surface area contributed by atoms with E-state index >= 15 is 0 Å². The Balaban J connectivity index is 1.95. The van der Waals surface area contributed by atoms with E-state index in [1.54, 1.807) is 18.2 Å². The molecule has 1 aromatic heterocycles. The second-order valence-electron chi connectivity index (χ2n) is 6.88. The maximum Gasteiger partial charge on any atom is 0.416 e. The minimum atomic E-state index is -4.45. The molecule has 0 atom stereocenters. The van der Waals surface area contributed by atoms with Crippen molar-refractivity contribution in [2.75, 3.05) is 7.11 Å². The molecule has 1 heterocycles. The molecule has 0 N–H and O–H groups in total. The summed E-state index contributed by atoms with van der Waals surface area (Å²) in [6, 6.07) is 21.7. The second-order valence-corrected chi connectivity index (χ2v) is 6.88. The molecule has 0 unspecified atom stereocenters. The molecular formula is C24H18F3NO2. The van der Waals surface area contributed by atoms with Crippen LogP contribution in [0.4, 0.5) is 13.2 Å². The van der Waals surface area contributed by atoms with Crippen molar-refractivity contribution in [3.63, 3.8) is 0 Å². The molecule has 0 spiro atoms. The van der Waals surface area contributed by atoms with Gasteiger partial charge in [0.2, 0.25) is 0 Å². The first-order chi connectivity index (χ1) is 14.4. The van der Waals surface area contributed by atoms with Gasteiger partial charge >= 0.3 is 6.18 Å². The summed E-state index contributed by atoms with van der Waals surface area (Å²) < 4.78 is 46.3. The fourth-order valence-electron chi connectivity index (χ4n) is 3.65. The number of alkyl halides is 3. The molecule has 0 amide bonds. The zero-order valence-corrected chi connectivity index (χ0v) is 16.1. The predicted molar refractivity (Wildman–Crippen MR) is 111 cm³/mol. The third kappa shape index (κ3) is 3.56. The van der Waals surface area contributed by atoms with E-state index in [4.69, 9.17) is 4.74 Å². The van der Waals surface area contributed by atoms with Crippen LogP contribution in [0.1, 0.15) is 11.1 Å². The Morgan fingerprint density at radius 3 is 2.30 bits per heavy atom. The van der Waals surface area contributed by atoms with Crippen molar-refractivity contribution in [1.29, 1.82) is 0 Å². The van der Waals surface area contributed by atoms with Gasteiger partial charge in [0, 0.05) is 10.9 Å². The molecule has 0 fully saturated rings. The van der Waals surface area contributed by atoms with Crippen molar-refractivity contribution in [1.82, 2.24) is 4.57 Å². The van der Waals surface area contributed by atoms with Crippen LogP contribution in [-0.4, -0.2) is 11.7 Å².